The van der Waals surface area contributed by atoms with E-state index in [-0.39, 0.29) is 17.2 Å². The largest absolute Gasteiger partial charge is 0.338 e. The molecule has 0 aromatic rings. The van der Waals surface area contributed by atoms with Crippen LogP contribution in [0.5, 0.6) is 0 Å². The Balaban J connectivity index is 1.68. The predicted octanol–water partition coefficient (Wildman–Crippen LogP) is 1.33. The highest BCUT2D eigenvalue weighted by Gasteiger charge is 2.40. The summed E-state index contributed by atoms with van der Waals surface area (Å²) in [6, 6.07) is 1.20. The van der Waals surface area contributed by atoms with Gasteiger partial charge in [0.05, 0.1) is 0 Å². The van der Waals surface area contributed by atoms with Gasteiger partial charge in [0.15, 0.2) is 0 Å². The van der Waals surface area contributed by atoms with Crippen LogP contribution in [0.15, 0.2) is 0 Å². The van der Waals surface area contributed by atoms with Crippen molar-refractivity contribution in [1.29, 1.82) is 0 Å². The highest BCUT2D eigenvalue weighted by atomic mass is 32.2. The zero-order chi connectivity index (χ0) is 14.1. The molecule has 6 heteroatoms. The van der Waals surface area contributed by atoms with Crippen molar-refractivity contribution in [2.45, 2.75) is 63.2 Å². The maximum Gasteiger partial charge on any atom is 0.279 e. The Labute approximate surface area is 124 Å². The minimum Gasteiger partial charge on any atom is -0.338 e. The van der Waals surface area contributed by atoms with Crippen LogP contribution >= 0.6 is 11.8 Å². The Morgan fingerprint density at radius 2 is 2.05 bits per heavy atom. The molecule has 3 aliphatic rings. The lowest BCUT2D eigenvalue weighted by atomic mass is 9.97. The van der Waals surface area contributed by atoms with E-state index in [2.05, 4.69) is 17.6 Å². The van der Waals surface area contributed by atoms with Crippen molar-refractivity contribution < 1.29 is 9.59 Å². The van der Waals surface area contributed by atoms with E-state index in [0.717, 1.165) is 25.8 Å². The lowest BCUT2D eigenvalue weighted by Gasteiger charge is -2.38. The van der Waals surface area contributed by atoms with Crippen molar-refractivity contribution in [3.05, 3.63) is 0 Å². The van der Waals surface area contributed by atoms with Gasteiger partial charge in [0.25, 0.3) is 5.24 Å². The second kappa shape index (κ2) is 5.93. The summed E-state index contributed by atoms with van der Waals surface area (Å²) in [7, 11) is 0. The highest BCUT2D eigenvalue weighted by Crippen LogP contribution is 2.30. The first-order chi connectivity index (χ1) is 9.67. The molecule has 0 saturated carbocycles. The first kappa shape index (κ1) is 14.2. The third kappa shape index (κ3) is 2.81. The second-order valence-corrected chi connectivity index (χ2v) is 7.08. The normalized spacial score (nSPS) is 36.0. The fraction of sp³-hybridized carbons (Fsp3) is 0.857. The van der Waals surface area contributed by atoms with E-state index in [0.29, 0.717) is 23.9 Å². The third-order valence-corrected chi connectivity index (χ3v) is 5.49. The molecule has 3 fully saturated rings. The first-order valence-electron chi connectivity index (χ1n) is 7.67. The van der Waals surface area contributed by atoms with E-state index in [9.17, 15) is 9.59 Å². The third-order valence-electron chi connectivity index (χ3n) is 4.61. The molecule has 2 bridgehead atoms. The summed E-state index contributed by atoms with van der Waals surface area (Å²) >= 11 is 1.22. The molecule has 20 heavy (non-hydrogen) atoms. The van der Waals surface area contributed by atoms with Crippen molar-refractivity contribution in [2.75, 3.05) is 12.3 Å². The number of carbonyl (C=O) groups is 2. The predicted molar refractivity (Wildman–Crippen MR) is 79.7 cm³/mol. The number of rotatable bonds is 4. The van der Waals surface area contributed by atoms with Crippen LogP contribution in [0.25, 0.3) is 0 Å². The number of piperidine rings is 1. The molecule has 3 atom stereocenters. The molecule has 0 aromatic carbocycles. The number of amides is 2. The van der Waals surface area contributed by atoms with E-state index < -0.39 is 0 Å². The van der Waals surface area contributed by atoms with Gasteiger partial charge in [-0.05, 0) is 32.1 Å². The van der Waals surface area contributed by atoms with Crippen LogP contribution in [0.4, 0.5) is 4.79 Å². The number of hydrogen-bond donors (Lipinski definition) is 2. The molecule has 3 unspecified atom stereocenters. The lowest BCUT2D eigenvalue weighted by molar-refractivity contribution is -0.135. The Hall–Kier alpha value is -0.750. The van der Waals surface area contributed by atoms with Crippen molar-refractivity contribution in [3.8, 4) is 0 Å². The molecule has 0 aromatic heterocycles. The van der Waals surface area contributed by atoms with Gasteiger partial charge < -0.3 is 15.5 Å². The lowest BCUT2D eigenvalue weighted by Crippen LogP contribution is -2.54. The molecule has 112 valence electrons. The molecule has 3 heterocycles. The average molecular weight is 297 g/mol. The Bertz CT molecular complexity index is 392. The first-order valence-corrected chi connectivity index (χ1v) is 8.65. The molecule has 3 aliphatic heterocycles. The Morgan fingerprint density at radius 1 is 1.35 bits per heavy atom. The average Bonchev–Trinajstić information content (AvgIpc) is 3.01. The van der Waals surface area contributed by atoms with Crippen LogP contribution in [0, 0.1) is 0 Å². The van der Waals surface area contributed by atoms with E-state index in [1.807, 2.05) is 4.90 Å². The van der Waals surface area contributed by atoms with Gasteiger partial charge in [0.2, 0.25) is 5.91 Å². The summed E-state index contributed by atoms with van der Waals surface area (Å²) in [6.07, 6.45) is 5.58. The molecule has 3 saturated heterocycles. The maximum absolute atomic E-state index is 12.7. The summed E-state index contributed by atoms with van der Waals surface area (Å²) < 4.78 is 0. The van der Waals surface area contributed by atoms with Gasteiger partial charge in [-0.3, -0.25) is 9.59 Å². The minimum atomic E-state index is -0.313. The van der Waals surface area contributed by atoms with Crippen LogP contribution in [0.2, 0.25) is 0 Å². The SMILES string of the molecule is CCCN(C(=O)C1CSC(=O)N1)C1CC2CCC(C1)N2. The van der Waals surface area contributed by atoms with Crippen LogP contribution in [0.3, 0.4) is 0 Å². The van der Waals surface area contributed by atoms with Gasteiger partial charge in [-0.25, -0.2) is 0 Å². The van der Waals surface area contributed by atoms with E-state index in [1.165, 1.54) is 24.6 Å². The van der Waals surface area contributed by atoms with Gasteiger partial charge >= 0.3 is 0 Å². The van der Waals surface area contributed by atoms with Crippen molar-refractivity contribution in [2.24, 2.45) is 0 Å². The van der Waals surface area contributed by atoms with Crippen LogP contribution in [0.1, 0.15) is 39.0 Å². The highest BCUT2D eigenvalue weighted by molar-refractivity contribution is 8.14. The number of carbonyl (C=O) groups excluding carboxylic acids is 2. The van der Waals surface area contributed by atoms with E-state index >= 15 is 0 Å². The van der Waals surface area contributed by atoms with Crippen molar-refractivity contribution >= 4 is 22.9 Å². The fourth-order valence-corrected chi connectivity index (χ4v) is 4.48. The number of nitrogens with one attached hydrogen (secondary N) is 2. The van der Waals surface area contributed by atoms with Crippen LogP contribution < -0.4 is 10.6 Å². The van der Waals surface area contributed by atoms with Crippen molar-refractivity contribution in [1.82, 2.24) is 15.5 Å². The summed E-state index contributed by atoms with van der Waals surface area (Å²) in [5.74, 6) is 0.701. The van der Waals surface area contributed by atoms with Gasteiger partial charge in [0, 0.05) is 30.4 Å². The van der Waals surface area contributed by atoms with Gasteiger partial charge in [-0.15, -0.1) is 0 Å². The van der Waals surface area contributed by atoms with Crippen LogP contribution in [-0.2, 0) is 4.79 Å². The molecule has 0 radical (unpaired) electrons. The molecule has 5 nitrogen and oxygen atoms in total. The number of hydrogen-bond acceptors (Lipinski definition) is 4. The number of fused-ring (bicyclic) bond motifs is 2. The molecule has 0 spiro atoms. The molecule has 3 rings (SSSR count). The van der Waals surface area contributed by atoms with E-state index in [1.54, 1.807) is 0 Å². The zero-order valence-corrected chi connectivity index (χ0v) is 12.7. The quantitative estimate of drug-likeness (QED) is 0.822. The summed E-state index contributed by atoms with van der Waals surface area (Å²) in [5.41, 5.74) is 0. The second-order valence-electron chi connectivity index (χ2n) is 6.09. The molecule has 0 aliphatic carbocycles. The minimum absolute atomic E-state index is 0.0646. The molecule has 2 N–H and O–H groups in total. The number of nitrogens with zero attached hydrogens (tertiary/aromatic N) is 1. The van der Waals surface area contributed by atoms with Gasteiger partial charge in [-0.2, -0.15) is 0 Å². The zero-order valence-electron chi connectivity index (χ0n) is 11.9. The molecular weight excluding hydrogens is 274 g/mol. The molecular formula is C14H23N3O2S. The summed E-state index contributed by atoms with van der Waals surface area (Å²) in [4.78, 5) is 26.0. The maximum atomic E-state index is 12.7. The summed E-state index contributed by atoms with van der Waals surface area (Å²) in [6.45, 7) is 2.91. The smallest absolute Gasteiger partial charge is 0.279 e. The van der Waals surface area contributed by atoms with Crippen LogP contribution in [-0.4, -0.2) is 52.5 Å². The molecule has 2 amide bonds. The van der Waals surface area contributed by atoms with Crippen molar-refractivity contribution in [3.63, 3.8) is 0 Å². The Kier molecular flexibility index (Phi) is 4.21. The standard InChI is InChI=1S/C14H23N3O2S/c1-2-5-17(13(18)12-8-20-14(19)16-12)11-6-9-3-4-10(7-11)15-9/h9-12,15H,2-8H2,1H3,(H,16,19). The number of thioether (sulfide) groups is 1. The topological polar surface area (TPSA) is 61.4 Å². The fourth-order valence-electron chi connectivity index (χ4n) is 3.71. The van der Waals surface area contributed by atoms with E-state index in [4.69, 9.17) is 0 Å². The van der Waals surface area contributed by atoms with Gasteiger partial charge in [-0.1, -0.05) is 18.7 Å². The van der Waals surface area contributed by atoms with Gasteiger partial charge in [0.1, 0.15) is 6.04 Å². The summed E-state index contributed by atoms with van der Waals surface area (Å²) in [5, 5.41) is 6.34. The Morgan fingerprint density at radius 3 is 2.60 bits per heavy atom. The monoisotopic (exact) mass is 297 g/mol.